The molecule has 122 valence electrons. The molecule has 23 heavy (non-hydrogen) atoms. The molecule has 2 rings (SSSR count). The number of hydrogen-bond acceptors (Lipinski definition) is 5. The van der Waals surface area contributed by atoms with Crippen molar-refractivity contribution in [2.45, 2.75) is 18.7 Å². The summed E-state index contributed by atoms with van der Waals surface area (Å²) >= 11 is 0. The molecule has 0 radical (unpaired) electrons. The normalized spacial score (nSPS) is 11.0. The Kier molecular flexibility index (Phi) is 4.90. The predicted molar refractivity (Wildman–Crippen MR) is 85.1 cm³/mol. The lowest BCUT2D eigenvalue weighted by Gasteiger charge is -2.12. The van der Waals surface area contributed by atoms with E-state index in [-0.39, 0.29) is 16.2 Å². The smallest absolute Gasteiger partial charge is 0.339 e. The number of amides is 1. The molecule has 0 aliphatic heterocycles. The summed E-state index contributed by atoms with van der Waals surface area (Å²) in [5, 5.41) is 0. The van der Waals surface area contributed by atoms with Crippen molar-refractivity contribution in [2.75, 3.05) is 6.61 Å². The number of primary amides is 1. The van der Waals surface area contributed by atoms with Crippen molar-refractivity contribution in [1.82, 2.24) is 0 Å². The number of aryl methyl sites for hydroxylation is 1. The third kappa shape index (κ3) is 3.81. The number of hydrogen-bond donors (Lipinski definition) is 1. The van der Waals surface area contributed by atoms with Gasteiger partial charge in [0.1, 0.15) is 4.90 Å². The number of ether oxygens (including phenoxy) is 1. The largest absolute Gasteiger partial charge is 0.490 e. The van der Waals surface area contributed by atoms with Crippen molar-refractivity contribution >= 4 is 16.0 Å². The first-order valence-corrected chi connectivity index (χ1v) is 8.32. The monoisotopic (exact) mass is 335 g/mol. The van der Waals surface area contributed by atoms with Crippen LogP contribution in [-0.2, 0) is 10.1 Å². The molecule has 2 aromatic rings. The summed E-state index contributed by atoms with van der Waals surface area (Å²) in [5.74, 6) is -0.300. The maximum absolute atomic E-state index is 12.4. The van der Waals surface area contributed by atoms with E-state index in [2.05, 4.69) is 0 Å². The van der Waals surface area contributed by atoms with Crippen LogP contribution >= 0.6 is 0 Å². The third-order valence-corrected chi connectivity index (χ3v) is 4.34. The van der Waals surface area contributed by atoms with E-state index in [4.69, 9.17) is 14.7 Å². The van der Waals surface area contributed by atoms with Crippen molar-refractivity contribution in [3.05, 3.63) is 53.6 Å². The molecular formula is C16H17NO5S. The van der Waals surface area contributed by atoms with Gasteiger partial charge in [-0.2, -0.15) is 8.42 Å². The maximum atomic E-state index is 12.4. The summed E-state index contributed by atoms with van der Waals surface area (Å²) in [6.45, 7) is 3.82. The average molecular weight is 335 g/mol. The Hall–Kier alpha value is -2.54. The second kappa shape index (κ2) is 6.70. The summed E-state index contributed by atoms with van der Waals surface area (Å²) in [6, 6.07) is 10.5. The van der Waals surface area contributed by atoms with Crippen molar-refractivity contribution in [3.63, 3.8) is 0 Å². The fraction of sp³-hybridized carbons (Fsp3) is 0.188. The number of nitrogens with two attached hydrogens (primary N) is 1. The van der Waals surface area contributed by atoms with E-state index in [1.165, 1.54) is 24.3 Å². The van der Waals surface area contributed by atoms with Crippen LogP contribution in [0.4, 0.5) is 0 Å². The summed E-state index contributed by atoms with van der Waals surface area (Å²) in [7, 11) is -4.11. The molecule has 0 unspecified atom stereocenters. The number of carbonyl (C=O) groups excluding carboxylic acids is 1. The van der Waals surface area contributed by atoms with E-state index in [1.54, 1.807) is 32.0 Å². The quantitative estimate of drug-likeness (QED) is 0.817. The first kappa shape index (κ1) is 16.8. The van der Waals surface area contributed by atoms with Gasteiger partial charge in [-0.1, -0.05) is 18.2 Å². The van der Waals surface area contributed by atoms with E-state index in [9.17, 15) is 13.2 Å². The summed E-state index contributed by atoms with van der Waals surface area (Å²) in [5.41, 5.74) is 5.97. The Balaban J connectivity index is 2.40. The van der Waals surface area contributed by atoms with Gasteiger partial charge < -0.3 is 14.7 Å². The Morgan fingerprint density at radius 3 is 2.39 bits per heavy atom. The predicted octanol–water partition coefficient (Wildman–Crippen LogP) is 2.26. The minimum Gasteiger partial charge on any atom is -0.490 e. The van der Waals surface area contributed by atoms with Crippen LogP contribution in [0, 0.1) is 6.92 Å². The van der Waals surface area contributed by atoms with Crippen LogP contribution in [0.25, 0.3) is 0 Å². The molecule has 0 atom stereocenters. The van der Waals surface area contributed by atoms with E-state index in [1.807, 2.05) is 0 Å². The van der Waals surface area contributed by atoms with Crippen LogP contribution in [-0.4, -0.2) is 20.9 Å². The van der Waals surface area contributed by atoms with Gasteiger partial charge in [0.25, 0.3) is 0 Å². The number of rotatable bonds is 6. The zero-order chi connectivity index (χ0) is 17.0. The molecule has 0 heterocycles. The second-order valence-corrected chi connectivity index (χ2v) is 6.30. The molecule has 0 bridgehead atoms. The summed E-state index contributed by atoms with van der Waals surface area (Å²) in [6.07, 6.45) is 0. The van der Waals surface area contributed by atoms with Crippen LogP contribution in [0.1, 0.15) is 22.8 Å². The minimum atomic E-state index is -4.11. The van der Waals surface area contributed by atoms with Gasteiger partial charge in [0.2, 0.25) is 5.91 Å². The molecule has 2 N–H and O–H groups in total. The molecule has 7 heteroatoms. The highest BCUT2D eigenvalue weighted by atomic mass is 32.2. The molecule has 0 spiro atoms. The molecule has 0 fully saturated rings. The van der Waals surface area contributed by atoms with Gasteiger partial charge >= 0.3 is 10.1 Å². The highest BCUT2D eigenvalue weighted by Gasteiger charge is 2.21. The zero-order valence-corrected chi connectivity index (χ0v) is 13.6. The van der Waals surface area contributed by atoms with E-state index in [0.717, 1.165) is 0 Å². The van der Waals surface area contributed by atoms with Crippen LogP contribution in [0.15, 0.2) is 47.4 Å². The lowest BCUT2D eigenvalue weighted by molar-refractivity contribution is 0.0999. The van der Waals surface area contributed by atoms with Gasteiger partial charge in [0.05, 0.1) is 6.61 Å². The molecule has 2 aromatic carbocycles. The minimum absolute atomic E-state index is 0.0792. The van der Waals surface area contributed by atoms with Crippen LogP contribution < -0.4 is 14.7 Å². The van der Waals surface area contributed by atoms with Gasteiger partial charge in [-0.25, -0.2) is 0 Å². The van der Waals surface area contributed by atoms with E-state index < -0.39 is 16.0 Å². The Morgan fingerprint density at radius 2 is 1.78 bits per heavy atom. The molecule has 0 aliphatic rings. The van der Waals surface area contributed by atoms with Gasteiger partial charge in [0.15, 0.2) is 11.5 Å². The van der Waals surface area contributed by atoms with Gasteiger partial charge in [-0.3, -0.25) is 4.79 Å². The fourth-order valence-electron chi connectivity index (χ4n) is 1.98. The maximum Gasteiger partial charge on any atom is 0.339 e. The van der Waals surface area contributed by atoms with Gasteiger partial charge in [-0.15, -0.1) is 0 Å². The topological polar surface area (TPSA) is 95.7 Å². The molecule has 0 aliphatic carbocycles. The molecule has 1 amide bonds. The third-order valence-electron chi connectivity index (χ3n) is 3.11. The highest BCUT2D eigenvalue weighted by molar-refractivity contribution is 7.87. The van der Waals surface area contributed by atoms with Crippen LogP contribution in [0.2, 0.25) is 0 Å². The standard InChI is InChI=1S/C16H17NO5S/c1-3-21-14-6-4-5-7-15(14)22-23(19,20)12-9-8-11(2)13(10-12)16(17)18/h4-10H,3H2,1-2H3,(H2,17,18). The van der Waals surface area contributed by atoms with E-state index >= 15 is 0 Å². The number of benzene rings is 2. The second-order valence-electron chi connectivity index (χ2n) is 4.76. The SMILES string of the molecule is CCOc1ccccc1OS(=O)(=O)c1ccc(C)c(C(N)=O)c1. The van der Waals surface area contributed by atoms with Crippen molar-refractivity contribution < 1.29 is 22.1 Å². The lowest BCUT2D eigenvalue weighted by Crippen LogP contribution is -2.16. The van der Waals surface area contributed by atoms with Crippen LogP contribution in [0.3, 0.4) is 0 Å². The number of carbonyl (C=O) groups is 1. The molecule has 0 saturated carbocycles. The highest BCUT2D eigenvalue weighted by Crippen LogP contribution is 2.29. The number of para-hydroxylation sites is 2. The van der Waals surface area contributed by atoms with Crippen molar-refractivity contribution in [3.8, 4) is 11.5 Å². The van der Waals surface area contributed by atoms with Gasteiger partial charge in [0, 0.05) is 5.56 Å². The van der Waals surface area contributed by atoms with Gasteiger partial charge in [-0.05, 0) is 43.7 Å². The molecule has 0 saturated heterocycles. The molecular weight excluding hydrogens is 318 g/mol. The molecule has 6 nitrogen and oxygen atoms in total. The lowest BCUT2D eigenvalue weighted by atomic mass is 10.1. The first-order valence-electron chi connectivity index (χ1n) is 6.92. The average Bonchev–Trinajstić information content (AvgIpc) is 2.49. The summed E-state index contributed by atoms with van der Waals surface area (Å²) < 4.78 is 35.3. The Bertz CT molecular complexity index is 830. The van der Waals surface area contributed by atoms with Crippen molar-refractivity contribution in [2.24, 2.45) is 5.73 Å². The van der Waals surface area contributed by atoms with E-state index in [0.29, 0.717) is 17.9 Å². The molecule has 0 aromatic heterocycles. The van der Waals surface area contributed by atoms with Crippen LogP contribution in [0.5, 0.6) is 11.5 Å². The first-order chi connectivity index (χ1) is 10.8. The fourth-order valence-corrected chi connectivity index (χ4v) is 2.95. The van der Waals surface area contributed by atoms with Crippen molar-refractivity contribution in [1.29, 1.82) is 0 Å². The zero-order valence-electron chi connectivity index (χ0n) is 12.8. The summed E-state index contributed by atoms with van der Waals surface area (Å²) in [4.78, 5) is 11.2. The Morgan fingerprint density at radius 1 is 1.13 bits per heavy atom. The Labute approximate surface area is 135 Å².